The fraction of sp³-hybridized carbons (Fsp3) is 0.312. The Kier molecular flexibility index (Phi) is 3.81. The van der Waals surface area contributed by atoms with E-state index in [2.05, 4.69) is 46.5 Å². The number of hydrogen-bond donors (Lipinski definition) is 0. The van der Waals surface area contributed by atoms with E-state index in [1.54, 1.807) is 11.3 Å². The monoisotopic (exact) mass is 304 g/mol. The van der Waals surface area contributed by atoms with Crippen LogP contribution in [0.3, 0.4) is 0 Å². The number of para-hydroxylation sites is 1. The molecule has 20 heavy (non-hydrogen) atoms. The Balaban J connectivity index is 2.04. The fourth-order valence-electron chi connectivity index (χ4n) is 2.59. The smallest absolute Gasteiger partial charge is 0.127 e. The Morgan fingerprint density at radius 3 is 2.90 bits per heavy atom. The number of alkyl halides is 1. The number of imidazole rings is 1. The van der Waals surface area contributed by atoms with Crippen molar-refractivity contribution in [1.29, 1.82) is 0 Å². The molecule has 1 unspecified atom stereocenters. The first-order valence-corrected chi connectivity index (χ1v) is 8.15. The molecule has 4 heteroatoms. The van der Waals surface area contributed by atoms with E-state index in [9.17, 15) is 0 Å². The molecule has 0 aliphatic heterocycles. The largest absolute Gasteiger partial charge is 0.326 e. The summed E-state index contributed by atoms with van der Waals surface area (Å²) in [5.74, 6) is 0.964. The molecule has 0 spiro atoms. The lowest BCUT2D eigenvalue weighted by atomic mass is 10.2. The van der Waals surface area contributed by atoms with Crippen LogP contribution >= 0.6 is 22.9 Å². The summed E-state index contributed by atoms with van der Waals surface area (Å²) in [5.41, 5.74) is 4.88. The van der Waals surface area contributed by atoms with Crippen LogP contribution in [0.2, 0.25) is 0 Å². The lowest BCUT2D eigenvalue weighted by Crippen LogP contribution is -2.07. The second-order valence-electron chi connectivity index (χ2n) is 5.06. The predicted molar refractivity (Wildman–Crippen MR) is 86.8 cm³/mol. The van der Waals surface area contributed by atoms with Crippen LogP contribution in [0.25, 0.3) is 11.0 Å². The summed E-state index contributed by atoms with van der Waals surface area (Å²) in [6.07, 6.45) is 1.01. The second-order valence-corrected chi connectivity index (χ2v) is 6.50. The molecule has 0 fully saturated rings. The standard InChI is InChI=1S/C16H17ClN2S/c1-11-4-3-5-14-15(11)19(16(18-14)12(2)17)8-6-13-7-9-20-10-13/h3-5,7,9-10,12H,6,8H2,1-2H3. The molecular formula is C16H17ClN2S. The Hall–Kier alpha value is -1.32. The van der Waals surface area contributed by atoms with Crippen molar-refractivity contribution < 1.29 is 0 Å². The van der Waals surface area contributed by atoms with E-state index in [-0.39, 0.29) is 5.38 Å². The van der Waals surface area contributed by atoms with Gasteiger partial charge in [-0.05, 0) is 54.3 Å². The van der Waals surface area contributed by atoms with Crippen LogP contribution in [0.1, 0.15) is 29.3 Å². The molecular weight excluding hydrogens is 288 g/mol. The van der Waals surface area contributed by atoms with Gasteiger partial charge in [-0.1, -0.05) is 12.1 Å². The van der Waals surface area contributed by atoms with Gasteiger partial charge in [0.1, 0.15) is 5.82 Å². The molecule has 0 aliphatic rings. The second kappa shape index (κ2) is 5.58. The summed E-state index contributed by atoms with van der Waals surface area (Å²) in [6, 6.07) is 8.43. The highest BCUT2D eigenvalue weighted by Gasteiger charge is 2.16. The van der Waals surface area contributed by atoms with E-state index in [1.807, 2.05) is 6.92 Å². The lowest BCUT2D eigenvalue weighted by molar-refractivity contribution is 0.668. The third-order valence-electron chi connectivity index (χ3n) is 3.56. The minimum Gasteiger partial charge on any atom is -0.326 e. The molecule has 0 saturated heterocycles. The van der Waals surface area contributed by atoms with Crippen LogP contribution in [0.4, 0.5) is 0 Å². The zero-order valence-corrected chi connectivity index (χ0v) is 13.2. The molecule has 104 valence electrons. The first-order chi connectivity index (χ1) is 9.66. The molecule has 0 radical (unpaired) electrons. The van der Waals surface area contributed by atoms with Gasteiger partial charge in [0.05, 0.1) is 16.4 Å². The predicted octanol–water partition coefficient (Wildman–Crippen LogP) is 4.95. The number of benzene rings is 1. The van der Waals surface area contributed by atoms with Crippen LogP contribution in [-0.2, 0) is 13.0 Å². The van der Waals surface area contributed by atoms with Crippen LogP contribution in [0.5, 0.6) is 0 Å². The number of aromatic nitrogens is 2. The van der Waals surface area contributed by atoms with Crippen molar-refractivity contribution in [2.75, 3.05) is 0 Å². The maximum atomic E-state index is 6.31. The molecule has 1 aromatic carbocycles. The average Bonchev–Trinajstić information content (AvgIpc) is 3.03. The van der Waals surface area contributed by atoms with E-state index in [1.165, 1.54) is 16.6 Å². The molecule has 0 N–H and O–H groups in total. The van der Waals surface area contributed by atoms with Gasteiger partial charge in [0.25, 0.3) is 0 Å². The van der Waals surface area contributed by atoms with Gasteiger partial charge in [-0.2, -0.15) is 11.3 Å². The minimum atomic E-state index is -0.0794. The van der Waals surface area contributed by atoms with Gasteiger partial charge in [0.15, 0.2) is 0 Å². The third-order valence-corrected chi connectivity index (χ3v) is 4.49. The number of rotatable bonds is 4. The highest BCUT2D eigenvalue weighted by Crippen LogP contribution is 2.27. The zero-order valence-electron chi connectivity index (χ0n) is 11.6. The number of halogens is 1. The Labute approximate surface area is 128 Å². The van der Waals surface area contributed by atoms with Crippen molar-refractivity contribution >= 4 is 34.0 Å². The molecule has 0 saturated carbocycles. The van der Waals surface area contributed by atoms with Crippen molar-refractivity contribution in [3.05, 3.63) is 52.0 Å². The highest BCUT2D eigenvalue weighted by molar-refractivity contribution is 7.07. The van der Waals surface area contributed by atoms with Gasteiger partial charge >= 0.3 is 0 Å². The van der Waals surface area contributed by atoms with Crippen molar-refractivity contribution in [1.82, 2.24) is 9.55 Å². The van der Waals surface area contributed by atoms with E-state index in [4.69, 9.17) is 16.6 Å². The number of fused-ring (bicyclic) bond motifs is 1. The highest BCUT2D eigenvalue weighted by atomic mass is 35.5. The fourth-order valence-corrected chi connectivity index (χ4v) is 3.46. The lowest BCUT2D eigenvalue weighted by Gasteiger charge is -2.11. The van der Waals surface area contributed by atoms with Gasteiger partial charge in [0.2, 0.25) is 0 Å². The summed E-state index contributed by atoms with van der Waals surface area (Å²) in [6.45, 7) is 5.04. The molecule has 2 nitrogen and oxygen atoms in total. The Bertz CT molecular complexity index is 713. The quantitative estimate of drug-likeness (QED) is 0.624. The summed E-state index contributed by atoms with van der Waals surface area (Å²) in [5, 5.41) is 4.25. The summed E-state index contributed by atoms with van der Waals surface area (Å²) in [7, 11) is 0. The third kappa shape index (κ3) is 2.48. The van der Waals surface area contributed by atoms with E-state index < -0.39 is 0 Å². The molecule has 2 heterocycles. The number of aryl methyl sites for hydroxylation is 3. The SMILES string of the molecule is Cc1cccc2nc(C(C)Cl)n(CCc3ccsc3)c12. The first-order valence-electron chi connectivity index (χ1n) is 6.77. The normalized spacial score (nSPS) is 12.9. The molecule has 3 rings (SSSR count). The Morgan fingerprint density at radius 2 is 2.20 bits per heavy atom. The first kappa shape index (κ1) is 13.7. The minimum absolute atomic E-state index is 0.0794. The molecule has 1 atom stereocenters. The number of hydrogen-bond acceptors (Lipinski definition) is 2. The summed E-state index contributed by atoms with van der Waals surface area (Å²) >= 11 is 8.05. The summed E-state index contributed by atoms with van der Waals surface area (Å²) in [4.78, 5) is 4.71. The van der Waals surface area contributed by atoms with Crippen LogP contribution in [-0.4, -0.2) is 9.55 Å². The van der Waals surface area contributed by atoms with E-state index in [0.29, 0.717) is 0 Å². The number of thiophene rings is 1. The molecule has 0 amide bonds. The maximum absolute atomic E-state index is 6.31. The maximum Gasteiger partial charge on any atom is 0.127 e. The molecule has 0 bridgehead atoms. The molecule has 0 aliphatic carbocycles. The number of nitrogens with zero attached hydrogens (tertiary/aromatic N) is 2. The van der Waals surface area contributed by atoms with Crippen molar-refractivity contribution in [3.63, 3.8) is 0 Å². The van der Waals surface area contributed by atoms with E-state index >= 15 is 0 Å². The van der Waals surface area contributed by atoms with Gasteiger partial charge in [-0.3, -0.25) is 0 Å². The van der Waals surface area contributed by atoms with Gasteiger partial charge in [0, 0.05) is 6.54 Å². The van der Waals surface area contributed by atoms with Crippen LogP contribution < -0.4 is 0 Å². The average molecular weight is 305 g/mol. The van der Waals surface area contributed by atoms with E-state index in [0.717, 1.165) is 24.3 Å². The zero-order chi connectivity index (χ0) is 14.1. The van der Waals surface area contributed by atoms with Gasteiger partial charge < -0.3 is 4.57 Å². The van der Waals surface area contributed by atoms with Crippen molar-refractivity contribution in [2.24, 2.45) is 0 Å². The topological polar surface area (TPSA) is 17.8 Å². The van der Waals surface area contributed by atoms with Crippen LogP contribution in [0.15, 0.2) is 35.0 Å². The van der Waals surface area contributed by atoms with Gasteiger partial charge in [-0.15, -0.1) is 11.6 Å². The Morgan fingerprint density at radius 1 is 1.35 bits per heavy atom. The van der Waals surface area contributed by atoms with Gasteiger partial charge in [-0.25, -0.2) is 4.98 Å². The summed E-state index contributed by atoms with van der Waals surface area (Å²) < 4.78 is 2.28. The van der Waals surface area contributed by atoms with Crippen LogP contribution in [0, 0.1) is 6.92 Å². The molecule has 3 aromatic rings. The molecule has 2 aromatic heterocycles. The van der Waals surface area contributed by atoms with Crippen molar-refractivity contribution in [3.8, 4) is 0 Å². The van der Waals surface area contributed by atoms with Crippen molar-refractivity contribution in [2.45, 2.75) is 32.2 Å².